The van der Waals surface area contributed by atoms with E-state index < -0.39 is 5.82 Å². The lowest BCUT2D eigenvalue weighted by atomic mass is 10.0. The second-order valence-electron chi connectivity index (χ2n) is 7.15. The van der Waals surface area contributed by atoms with Crippen LogP contribution in [0.1, 0.15) is 47.3 Å². The molecule has 0 aliphatic carbocycles. The molecule has 0 spiro atoms. The van der Waals surface area contributed by atoms with Crippen LogP contribution in [0.2, 0.25) is 5.02 Å². The molecule has 2 N–H and O–H groups in total. The van der Waals surface area contributed by atoms with Crippen LogP contribution in [0.3, 0.4) is 0 Å². The van der Waals surface area contributed by atoms with Crippen LogP contribution < -0.4 is 10.6 Å². The number of fused-ring (bicyclic) bond motifs is 1. The van der Waals surface area contributed by atoms with Gasteiger partial charge in [-0.25, -0.2) is 4.39 Å². The number of hydrogen-bond donors (Lipinski definition) is 2. The monoisotopic (exact) mass is 456 g/mol. The molecule has 158 valence electrons. The van der Waals surface area contributed by atoms with Crippen molar-refractivity contribution in [3.05, 3.63) is 63.4 Å². The SMILES string of the molecule is CC[C@H](C)NC(=O)c1ccc(CSc2c(Cl)ccc3c2CCNCC3)cc1F.Cl. The molecule has 1 amide bonds. The molecule has 0 saturated carbocycles. The van der Waals surface area contributed by atoms with E-state index in [0.29, 0.717) is 5.75 Å². The number of rotatable bonds is 6. The third-order valence-electron chi connectivity index (χ3n) is 5.08. The highest BCUT2D eigenvalue weighted by atomic mass is 35.5. The van der Waals surface area contributed by atoms with Gasteiger partial charge in [-0.1, -0.05) is 30.7 Å². The van der Waals surface area contributed by atoms with Crippen LogP contribution in [0.15, 0.2) is 35.2 Å². The number of hydrogen-bond acceptors (Lipinski definition) is 3. The highest BCUT2D eigenvalue weighted by molar-refractivity contribution is 7.98. The van der Waals surface area contributed by atoms with Gasteiger partial charge in [0.2, 0.25) is 0 Å². The third kappa shape index (κ3) is 6.11. The summed E-state index contributed by atoms with van der Waals surface area (Å²) in [6.45, 7) is 5.80. The fourth-order valence-electron chi connectivity index (χ4n) is 3.26. The van der Waals surface area contributed by atoms with Crippen molar-refractivity contribution in [3.8, 4) is 0 Å². The van der Waals surface area contributed by atoms with Crippen molar-refractivity contribution in [2.45, 2.75) is 49.8 Å². The van der Waals surface area contributed by atoms with Crippen molar-refractivity contribution in [2.24, 2.45) is 0 Å². The van der Waals surface area contributed by atoms with Gasteiger partial charge in [0.1, 0.15) is 5.82 Å². The Kier molecular flexibility index (Phi) is 9.28. The first-order valence-corrected chi connectivity index (χ1v) is 11.1. The Balaban J connectivity index is 0.00000300. The maximum absolute atomic E-state index is 14.5. The molecule has 0 fully saturated rings. The van der Waals surface area contributed by atoms with Crippen molar-refractivity contribution in [2.75, 3.05) is 13.1 Å². The van der Waals surface area contributed by atoms with E-state index >= 15 is 0 Å². The van der Waals surface area contributed by atoms with Crippen molar-refractivity contribution < 1.29 is 9.18 Å². The summed E-state index contributed by atoms with van der Waals surface area (Å²) in [5.74, 6) is -0.246. The Labute approximate surface area is 187 Å². The van der Waals surface area contributed by atoms with Crippen LogP contribution in [0.4, 0.5) is 4.39 Å². The first-order valence-electron chi connectivity index (χ1n) is 9.72. The quantitative estimate of drug-likeness (QED) is 0.570. The zero-order valence-electron chi connectivity index (χ0n) is 16.7. The standard InChI is InChI=1S/C22H26ClFN2OS.ClH/c1-3-14(2)26-22(27)18-6-4-15(12-20(18)24)13-28-21-17-9-11-25-10-8-16(17)5-7-19(21)23;/h4-7,12,14,25H,3,8-11,13H2,1-2H3,(H,26,27);1H/t14-;/m0./s1. The average molecular weight is 457 g/mol. The molecular formula is C22H27Cl2FN2OS. The minimum absolute atomic E-state index is 0. The van der Waals surface area contributed by atoms with Gasteiger partial charge in [0.25, 0.3) is 5.91 Å². The highest BCUT2D eigenvalue weighted by Gasteiger charge is 2.17. The van der Waals surface area contributed by atoms with Gasteiger partial charge in [0, 0.05) is 16.7 Å². The molecule has 1 atom stereocenters. The van der Waals surface area contributed by atoms with Crippen molar-refractivity contribution in [1.82, 2.24) is 10.6 Å². The predicted molar refractivity (Wildman–Crippen MR) is 122 cm³/mol. The van der Waals surface area contributed by atoms with Gasteiger partial charge in [-0.2, -0.15) is 0 Å². The van der Waals surface area contributed by atoms with Gasteiger partial charge < -0.3 is 10.6 Å². The molecule has 1 aliphatic heterocycles. The van der Waals surface area contributed by atoms with E-state index in [4.69, 9.17) is 11.6 Å². The maximum Gasteiger partial charge on any atom is 0.254 e. The molecule has 1 aliphatic rings. The summed E-state index contributed by atoms with van der Waals surface area (Å²) < 4.78 is 14.5. The number of benzene rings is 2. The average Bonchev–Trinajstić information content (AvgIpc) is 2.92. The zero-order chi connectivity index (χ0) is 20.1. The predicted octanol–water partition coefficient (Wildman–Crippen LogP) is 5.41. The topological polar surface area (TPSA) is 41.1 Å². The molecule has 0 radical (unpaired) electrons. The molecule has 0 saturated heterocycles. The van der Waals surface area contributed by atoms with Gasteiger partial charge in [0.15, 0.2) is 0 Å². The number of carbonyl (C=O) groups excluding carboxylic acids is 1. The summed E-state index contributed by atoms with van der Waals surface area (Å²) in [6.07, 6.45) is 2.75. The smallest absolute Gasteiger partial charge is 0.254 e. The molecule has 0 bridgehead atoms. The lowest BCUT2D eigenvalue weighted by Gasteiger charge is -2.14. The van der Waals surface area contributed by atoms with Crippen LogP contribution in [-0.4, -0.2) is 25.0 Å². The Morgan fingerprint density at radius 3 is 2.76 bits per heavy atom. The molecule has 2 aromatic rings. The van der Waals surface area contributed by atoms with E-state index in [1.807, 2.05) is 26.0 Å². The lowest BCUT2D eigenvalue weighted by Crippen LogP contribution is -2.32. The second-order valence-corrected chi connectivity index (χ2v) is 8.54. The number of thioether (sulfide) groups is 1. The van der Waals surface area contributed by atoms with Crippen molar-refractivity contribution >= 4 is 41.7 Å². The molecule has 0 unspecified atom stereocenters. The van der Waals surface area contributed by atoms with E-state index in [9.17, 15) is 9.18 Å². The summed E-state index contributed by atoms with van der Waals surface area (Å²) in [5.41, 5.74) is 3.56. The minimum Gasteiger partial charge on any atom is -0.350 e. The van der Waals surface area contributed by atoms with E-state index in [1.165, 1.54) is 17.2 Å². The molecule has 0 aromatic heterocycles. The Hall–Kier alpha value is -1.27. The van der Waals surface area contributed by atoms with Crippen LogP contribution >= 0.6 is 35.8 Å². The van der Waals surface area contributed by atoms with E-state index in [-0.39, 0.29) is 29.9 Å². The normalized spacial score (nSPS) is 14.3. The molecule has 2 aromatic carbocycles. The first-order chi connectivity index (χ1) is 13.5. The summed E-state index contributed by atoms with van der Waals surface area (Å²) in [6, 6.07) is 8.93. The molecule has 3 rings (SSSR count). The van der Waals surface area contributed by atoms with E-state index in [2.05, 4.69) is 16.7 Å². The molecule has 3 nitrogen and oxygen atoms in total. The summed E-state index contributed by atoms with van der Waals surface area (Å²) in [4.78, 5) is 13.3. The van der Waals surface area contributed by atoms with E-state index in [0.717, 1.165) is 47.8 Å². The van der Waals surface area contributed by atoms with Crippen LogP contribution in [0, 0.1) is 5.82 Å². The fraction of sp³-hybridized carbons (Fsp3) is 0.409. The maximum atomic E-state index is 14.5. The number of amides is 1. The van der Waals surface area contributed by atoms with Crippen LogP contribution in [0.5, 0.6) is 0 Å². The Bertz CT molecular complexity index is 863. The fourth-order valence-corrected chi connectivity index (χ4v) is 4.70. The van der Waals surface area contributed by atoms with Gasteiger partial charge in [0.05, 0.1) is 10.6 Å². The minimum atomic E-state index is -0.485. The van der Waals surface area contributed by atoms with Gasteiger partial charge in [-0.15, -0.1) is 24.2 Å². The number of carbonyl (C=O) groups is 1. The Morgan fingerprint density at radius 2 is 2.03 bits per heavy atom. The summed E-state index contributed by atoms with van der Waals surface area (Å²) in [7, 11) is 0. The summed E-state index contributed by atoms with van der Waals surface area (Å²) >= 11 is 8.11. The van der Waals surface area contributed by atoms with Crippen LogP contribution in [-0.2, 0) is 18.6 Å². The Morgan fingerprint density at radius 1 is 1.28 bits per heavy atom. The molecule has 1 heterocycles. The third-order valence-corrected chi connectivity index (χ3v) is 6.74. The first kappa shape index (κ1) is 24.0. The van der Waals surface area contributed by atoms with Gasteiger partial charge >= 0.3 is 0 Å². The molecule has 7 heteroatoms. The van der Waals surface area contributed by atoms with Crippen molar-refractivity contribution in [1.29, 1.82) is 0 Å². The van der Waals surface area contributed by atoms with Crippen LogP contribution in [0.25, 0.3) is 0 Å². The largest absolute Gasteiger partial charge is 0.350 e. The number of halogens is 3. The zero-order valence-corrected chi connectivity index (χ0v) is 19.1. The highest BCUT2D eigenvalue weighted by Crippen LogP contribution is 2.36. The van der Waals surface area contributed by atoms with Gasteiger partial charge in [-0.05, 0) is 74.2 Å². The van der Waals surface area contributed by atoms with E-state index in [1.54, 1.807) is 17.8 Å². The molecule has 29 heavy (non-hydrogen) atoms. The van der Waals surface area contributed by atoms with Gasteiger partial charge in [-0.3, -0.25) is 4.79 Å². The van der Waals surface area contributed by atoms with Crippen molar-refractivity contribution in [3.63, 3.8) is 0 Å². The summed E-state index contributed by atoms with van der Waals surface area (Å²) in [5, 5.41) is 6.97. The molecular weight excluding hydrogens is 430 g/mol. The lowest BCUT2D eigenvalue weighted by molar-refractivity contribution is 0.0935. The number of nitrogens with one attached hydrogen (secondary N) is 2. The second kappa shape index (κ2) is 11.2.